The Balaban J connectivity index is 1.29. The van der Waals surface area contributed by atoms with Gasteiger partial charge in [-0.25, -0.2) is 29.0 Å². The first kappa shape index (κ1) is 27.0. The lowest BCUT2D eigenvalue weighted by Crippen LogP contribution is -2.08. The summed E-state index contributed by atoms with van der Waals surface area (Å²) in [5.74, 6) is -2.55. The Morgan fingerprint density at radius 2 is 1.86 bits per heavy atom. The topological polar surface area (TPSA) is 281 Å². The summed E-state index contributed by atoms with van der Waals surface area (Å²) in [6.45, 7) is -0.825. The zero-order chi connectivity index (χ0) is 30.1. The smallest absolute Gasteiger partial charge is 0.500 e. The molecule has 0 aliphatic carbocycles. The number of hydrogen-bond acceptors (Lipinski definition) is 17. The van der Waals surface area contributed by atoms with E-state index in [0.29, 0.717) is 5.39 Å². The van der Waals surface area contributed by atoms with Crippen LogP contribution in [0.15, 0.2) is 58.2 Å². The minimum absolute atomic E-state index is 0.0335. The van der Waals surface area contributed by atoms with Crippen LogP contribution < -0.4 is 15.8 Å². The Hall–Kier alpha value is -4.81. The number of rotatable bonds is 2. The first-order chi connectivity index (χ1) is 20.5. The molecule has 0 amide bonds. The summed E-state index contributed by atoms with van der Waals surface area (Å²) in [4.78, 5) is 73.1. The summed E-state index contributed by atoms with van der Waals surface area (Å²) >= 11 is 0. The number of ether oxygens (including phenoxy) is 1. The van der Waals surface area contributed by atoms with E-state index in [1.807, 2.05) is 0 Å². The predicted molar refractivity (Wildman–Crippen MR) is 143 cm³/mol. The second kappa shape index (κ2) is 9.61. The van der Waals surface area contributed by atoms with Crippen molar-refractivity contribution in [2.75, 3.05) is 5.73 Å². The predicted octanol–water partition coefficient (Wildman–Crippen LogP) is 1.09. The summed E-state index contributed by atoms with van der Waals surface area (Å²) in [6.07, 6.45) is 5.39. The van der Waals surface area contributed by atoms with Crippen molar-refractivity contribution in [1.29, 1.82) is 0 Å². The van der Waals surface area contributed by atoms with Crippen molar-refractivity contribution < 1.29 is 51.9 Å². The van der Waals surface area contributed by atoms with Crippen LogP contribution in [0, 0.1) is 0 Å². The third kappa shape index (κ3) is 4.68. The molecule has 2 aliphatic rings. The highest BCUT2D eigenvalue weighted by atomic mass is 31.2. The van der Waals surface area contributed by atoms with Gasteiger partial charge in [-0.15, -0.1) is 4.52 Å². The average Bonchev–Trinajstić information content (AvgIpc) is 3.72. The van der Waals surface area contributed by atoms with Crippen LogP contribution in [-0.2, 0) is 24.9 Å². The van der Waals surface area contributed by atoms with Gasteiger partial charge in [0.2, 0.25) is 11.5 Å². The van der Waals surface area contributed by atoms with E-state index >= 15 is 0 Å². The fraction of sp³-hybridized carbons (Fsp3) is 0.0952. The third-order valence-electron chi connectivity index (χ3n) is 6.11. The molecule has 2 aliphatic heterocycles. The van der Waals surface area contributed by atoms with Gasteiger partial charge in [0.15, 0.2) is 41.2 Å². The minimum Gasteiger partial charge on any atom is -0.500 e. The second-order valence-corrected chi connectivity index (χ2v) is 11.6. The van der Waals surface area contributed by atoms with Crippen molar-refractivity contribution in [1.82, 2.24) is 34.1 Å². The van der Waals surface area contributed by atoms with Crippen molar-refractivity contribution in [2.24, 2.45) is 0 Å². The number of hydrogen-bond donors (Lipinski definition) is 7. The molecule has 2 bridgehead atoms. The lowest BCUT2D eigenvalue weighted by atomic mass is 10.3. The number of aromatic nitrogens is 7. The molecule has 0 saturated heterocycles. The lowest BCUT2D eigenvalue weighted by Gasteiger charge is -2.12. The number of nitrogens with zero attached hydrogens (tertiary/aromatic N) is 6. The van der Waals surface area contributed by atoms with Crippen molar-refractivity contribution >= 4 is 50.2 Å². The maximum Gasteiger partial charge on any atom is 0.663 e. The van der Waals surface area contributed by atoms with Crippen molar-refractivity contribution in [2.45, 2.75) is 13.0 Å². The van der Waals surface area contributed by atoms with Gasteiger partial charge in [-0.2, -0.15) is 19.6 Å². The van der Waals surface area contributed by atoms with Crippen LogP contribution in [0.1, 0.15) is 12.2 Å². The van der Waals surface area contributed by atoms with Crippen molar-refractivity contribution in [3.8, 4) is 17.4 Å². The van der Waals surface area contributed by atoms with Gasteiger partial charge in [0.1, 0.15) is 18.5 Å². The number of nitrogens with one attached hydrogen (secondary N) is 1. The van der Waals surface area contributed by atoms with E-state index in [-0.39, 0.29) is 52.3 Å². The molecule has 222 valence electrons. The van der Waals surface area contributed by atoms with Gasteiger partial charge in [-0.05, 0) is 6.07 Å². The SMILES string of the molecule is Nc1ncnc2c1ccn2-c1oc2c(c1O)O[P+](O)(O)O/C=C1\CC(=C(n3cnc4c(=O)[nH]cnc43)O1)O[P+](O)(O)OC2. The summed E-state index contributed by atoms with van der Waals surface area (Å²) in [5.41, 5.74) is 5.53. The number of anilines is 1. The molecule has 0 atom stereocenters. The molecule has 22 heteroatoms. The van der Waals surface area contributed by atoms with Crippen LogP contribution in [0.25, 0.3) is 34.0 Å². The number of fused-ring (bicyclic) bond motifs is 5. The van der Waals surface area contributed by atoms with Gasteiger partial charge in [-0.1, -0.05) is 0 Å². The Labute approximate surface area is 237 Å². The number of imidazole rings is 1. The van der Waals surface area contributed by atoms with Crippen LogP contribution in [0.3, 0.4) is 0 Å². The maximum absolute atomic E-state index is 12.1. The molecule has 8 N–H and O–H groups in total. The highest BCUT2D eigenvalue weighted by Crippen LogP contribution is 2.61. The quantitative estimate of drug-likeness (QED) is 0.133. The van der Waals surface area contributed by atoms with Gasteiger partial charge in [0.05, 0.1) is 18.1 Å². The molecular formula is C21H18N8O12P2+2. The van der Waals surface area contributed by atoms with Crippen LogP contribution in [0.5, 0.6) is 11.5 Å². The molecule has 43 heavy (non-hydrogen) atoms. The maximum atomic E-state index is 12.1. The fourth-order valence-electron chi connectivity index (χ4n) is 4.27. The van der Waals surface area contributed by atoms with E-state index in [9.17, 15) is 29.5 Å². The van der Waals surface area contributed by atoms with Crippen LogP contribution >= 0.6 is 16.3 Å². The molecular weight excluding hydrogens is 618 g/mol. The van der Waals surface area contributed by atoms with Gasteiger partial charge < -0.3 is 25.0 Å². The van der Waals surface area contributed by atoms with E-state index in [1.54, 1.807) is 6.07 Å². The first-order valence-electron chi connectivity index (χ1n) is 11.8. The number of nitrogen functional groups attached to an aromatic ring is 1. The molecule has 0 unspecified atom stereocenters. The van der Waals surface area contributed by atoms with E-state index < -0.39 is 45.8 Å². The number of H-pyrrole nitrogens is 1. The highest BCUT2D eigenvalue weighted by Gasteiger charge is 2.50. The summed E-state index contributed by atoms with van der Waals surface area (Å²) < 4.78 is 34.8. The number of furan rings is 1. The molecule has 0 radical (unpaired) electrons. The largest absolute Gasteiger partial charge is 0.663 e. The van der Waals surface area contributed by atoms with Gasteiger partial charge in [0, 0.05) is 6.20 Å². The molecule has 0 fully saturated rings. The Morgan fingerprint density at radius 3 is 2.70 bits per heavy atom. The zero-order valence-electron chi connectivity index (χ0n) is 21.1. The van der Waals surface area contributed by atoms with Crippen LogP contribution in [0.2, 0.25) is 0 Å². The van der Waals surface area contributed by atoms with Gasteiger partial charge in [0.25, 0.3) is 23.1 Å². The molecule has 0 saturated carbocycles. The highest BCUT2D eigenvalue weighted by molar-refractivity contribution is 7.55. The molecule has 5 aromatic rings. The van der Waals surface area contributed by atoms with Crippen molar-refractivity contribution in [3.05, 3.63) is 65.1 Å². The molecule has 0 spiro atoms. The summed E-state index contributed by atoms with van der Waals surface area (Å²) in [5, 5.41) is 11.4. The number of aromatic amines is 1. The number of aromatic hydroxyl groups is 1. The molecule has 0 aromatic carbocycles. The molecule has 20 nitrogen and oxygen atoms in total. The standard InChI is InChI=1S/C21H16N8O12P2/c22-16-10-1-2-28(17(10)24-6-23-16)21-14(30)15-12(39-21)5-37-42(32,33)40-11-3-9(4-36-43(34,35)41-15)38-20(11)29-8-27-13-18(29)25-7-26-19(13)31/h1-2,4,6-8,32-35H,3,5H2,(H2-2,22,23,24,25,26,30,31)/p+2/b9-4+. The van der Waals surface area contributed by atoms with Crippen molar-refractivity contribution in [3.63, 3.8) is 0 Å². The van der Waals surface area contributed by atoms with E-state index in [0.717, 1.165) is 12.6 Å². The van der Waals surface area contributed by atoms with Crippen LogP contribution in [0.4, 0.5) is 5.82 Å². The molecule has 5 aromatic heterocycles. The normalized spacial score (nSPS) is 19.2. The first-order valence-corrected chi connectivity index (χ1v) is 14.9. The fourth-order valence-corrected chi connectivity index (χ4v) is 5.77. The lowest BCUT2D eigenvalue weighted by molar-refractivity contribution is 0.125. The Bertz CT molecular complexity index is 2040. The van der Waals surface area contributed by atoms with Gasteiger partial charge in [-0.3, -0.25) is 18.4 Å². The summed E-state index contributed by atoms with van der Waals surface area (Å²) in [6, 6.07) is 1.54. The average molecular weight is 636 g/mol. The Kier molecular flexibility index (Phi) is 6.05. The Morgan fingerprint density at radius 1 is 1.02 bits per heavy atom. The van der Waals surface area contributed by atoms with Crippen LogP contribution in [-0.4, -0.2) is 58.7 Å². The zero-order valence-corrected chi connectivity index (χ0v) is 22.9. The van der Waals surface area contributed by atoms with E-state index in [2.05, 4.69) is 24.9 Å². The molecule has 7 rings (SSSR count). The third-order valence-corrected chi connectivity index (χ3v) is 7.83. The van der Waals surface area contributed by atoms with Gasteiger partial charge >= 0.3 is 16.3 Å². The number of nitrogens with two attached hydrogens (primary N) is 1. The second-order valence-electron chi connectivity index (χ2n) is 8.84. The minimum atomic E-state index is -4.81. The monoisotopic (exact) mass is 636 g/mol. The summed E-state index contributed by atoms with van der Waals surface area (Å²) in [7, 11) is -9.55. The molecule has 7 heterocycles. The van der Waals surface area contributed by atoms with E-state index in [1.165, 1.54) is 28.0 Å². The van der Waals surface area contributed by atoms with E-state index in [4.69, 9.17) is 33.0 Å².